The molecule has 12 nitrogen and oxygen atoms in total. The van der Waals surface area contributed by atoms with Gasteiger partial charge in [-0.1, -0.05) is 85.2 Å². The van der Waals surface area contributed by atoms with Gasteiger partial charge in [-0.15, -0.1) is 0 Å². The number of nitrogens with zero attached hydrogens (tertiary/aromatic N) is 4. The van der Waals surface area contributed by atoms with E-state index in [9.17, 15) is 19.2 Å². The van der Waals surface area contributed by atoms with Crippen molar-refractivity contribution < 1.29 is 19.2 Å². The molecule has 410 valence electrons. The van der Waals surface area contributed by atoms with Gasteiger partial charge in [-0.25, -0.2) is 0 Å². The molecule has 0 saturated carbocycles. The number of benzene rings is 3. The van der Waals surface area contributed by atoms with E-state index in [-0.39, 0.29) is 51.5 Å². The molecule has 3 aromatic rings. The molecule has 4 N–H and O–H groups in total. The summed E-state index contributed by atoms with van der Waals surface area (Å²) in [7, 11) is 0. The Hall–Kier alpha value is -6.30. The molecule has 3 aromatic carbocycles. The minimum Gasteiger partial charge on any atom is -0.372 e. The Morgan fingerprint density at radius 2 is 0.934 bits per heavy atom. The van der Waals surface area contributed by atoms with Crippen LogP contribution in [0.15, 0.2) is 114 Å². The van der Waals surface area contributed by atoms with Crippen LogP contribution >= 0.6 is 0 Å². The molecule has 0 saturated heterocycles. The summed E-state index contributed by atoms with van der Waals surface area (Å²) in [5.41, 5.74) is 6.11. The Labute approximate surface area is 455 Å². The Balaban J connectivity index is 1.10. The third-order valence-electron chi connectivity index (χ3n) is 17.1. The van der Waals surface area contributed by atoms with Gasteiger partial charge >= 0.3 is 0 Å². The number of carbonyl (C=O) groups excluding carboxylic acids is 4. The average Bonchev–Trinajstić information content (AvgIpc) is 3.29. The highest BCUT2D eigenvalue weighted by Crippen LogP contribution is 2.48. The summed E-state index contributed by atoms with van der Waals surface area (Å²) >= 11 is 0. The van der Waals surface area contributed by atoms with Crippen molar-refractivity contribution in [1.82, 2.24) is 14.7 Å². The summed E-state index contributed by atoms with van der Waals surface area (Å²) in [6.45, 7) is 41.8. The van der Waals surface area contributed by atoms with Gasteiger partial charge < -0.3 is 40.9 Å². The summed E-state index contributed by atoms with van der Waals surface area (Å²) in [6, 6.07) is 21.5. The molecule has 0 aliphatic carbocycles. The van der Waals surface area contributed by atoms with E-state index in [1.807, 2.05) is 68.0 Å². The van der Waals surface area contributed by atoms with Crippen LogP contribution in [0.1, 0.15) is 148 Å². The first kappa shape index (κ1) is 57.4. The van der Waals surface area contributed by atoms with Crippen molar-refractivity contribution in [3.05, 3.63) is 125 Å². The molecular weight excluding hydrogens is 945 g/mol. The van der Waals surface area contributed by atoms with Gasteiger partial charge in [0.15, 0.2) is 0 Å². The summed E-state index contributed by atoms with van der Waals surface area (Å²) < 4.78 is 0. The lowest BCUT2D eigenvalue weighted by molar-refractivity contribution is -0.115. The van der Waals surface area contributed by atoms with Crippen LogP contribution in [-0.2, 0) is 19.2 Å². The number of hydrogen-bond acceptors (Lipinski definition) is 8. The summed E-state index contributed by atoms with van der Waals surface area (Å²) in [4.78, 5) is 66.3. The fraction of sp³-hybridized carbons (Fsp3) is 0.531. The van der Waals surface area contributed by atoms with Gasteiger partial charge in [0, 0.05) is 124 Å². The molecule has 1 atom stereocenters. The molecule has 0 spiro atoms. The van der Waals surface area contributed by atoms with E-state index in [0.29, 0.717) is 40.4 Å². The number of aryl methyl sites for hydroxylation is 2. The lowest BCUT2D eigenvalue weighted by atomic mass is 9.66. The Morgan fingerprint density at radius 3 is 1.41 bits per heavy atom. The van der Waals surface area contributed by atoms with Crippen molar-refractivity contribution in [2.75, 3.05) is 52.3 Å². The van der Waals surface area contributed by atoms with Gasteiger partial charge in [0.2, 0.25) is 0 Å². The maximum atomic E-state index is 14.9. The second kappa shape index (κ2) is 20.9. The number of carbonyl (C=O) groups is 4. The minimum absolute atomic E-state index is 0.00672. The Morgan fingerprint density at radius 1 is 0.513 bits per heavy atom. The molecule has 1 unspecified atom stereocenters. The summed E-state index contributed by atoms with van der Waals surface area (Å²) in [6.07, 6.45) is 11.3. The number of nitrogens with one attached hydrogen (secondary N) is 4. The van der Waals surface area contributed by atoms with E-state index in [1.54, 1.807) is 0 Å². The first-order valence-corrected chi connectivity index (χ1v) is 27.6. The zero-order valence-electron chi connectivity index (χ0n) is 49.3. The van der Waals surface area contributed by atoms with Gasteiger partial charge in [0.1, 0.15) is 0 Å². The van der Waals surface area contributed by atoms with Crippen LogP contribution in [0.25, 0.3) is 0 Å². The molecule has 0 bridgehead atoms. The molecule has 0 radical (unpaired) electrons. The quantitative estimate of drug-likeness (QED) is 0.141. The topological polar surface area (TPSA) is 129 Å². The highest BCUT2D eigenvalue weighted by molar-refractivity contribution is 6.08. The normalized spacial score (nSPS) is 20.4. The molecule has 76 heavy (non-hydrogen) atoms. The maximum Gasteiger partial charge on any atom is 0.253 e. The maximum absolute atomic E-state index is 14.9. The smallest absolute Gasteiger partial charge is 0.253 e. The van der Waals surface area contributed by atoms with E-state index in [2.05, 4.69) is 189 Å². The zero-order valence-corrected chi connectivity index (χ0v) is 49.3. The van der Waals surface area contributed by atoms with Crippen LogP contribution in [0.5, 0.6) is 0 Å². The molecule has 4 aliphatic heterocycles. The van der Waals surface area contributed by atoms with E-state index in [4.69, 9.17) is 0 Å². The standard InChI is InChI=1S/C64H90N8O4/c1-42-22-26-48(27-23-42)69-37-44(64(17,18)52(38-69)57(76)67-47-25-24-43(2)53(35-47)68-56(75)50-40-71(59(6,7)8)32-29-61(50,11)12)36-63(15,16)72-33-30-62(13,14)51(41-72)55(74)66-46-21-19-20-45(34-46)65-54(73)49-39-70(58(3,4)5)31-28-60(49,9)10/h19-27,34-35,38-41,44H,28-33,36-37H2,1-18H3,(H,65,73)(H,66,74)(H,67,76)(H,68,75). The van der Waals surface area contributed by atoms with Gasteiger partial charge in [0.25, 0.3) is 23.6 Å². The van der Waals surface area contributed by atoms with Gasteiger partial charge in [-0.3, -0.25) is 19.2 Å². The monoisotopic (exact) mass is 1030 g/mol. The SMILES string of the molecule is Cc1ccc(N2C=C(C(=O)Nc3ccc(C)c(NC(=O)C4=CN(C(C)(C)C)CCC4(C)C)c3)C(C)(C)C(CC(C)(C)N3C=C(C(=O)Nc4cccc(NC(=O)C5=CN(C(C)(C)C)CCC5(C)C)c4)C(C)(C)CC3)C2)cc1. The molecular formula is C64H90N8O4. The van der Waals surface area contributed by atoms with Crippen molar-refractivity contribution in [1.29, 1.82) is 0 Å². The van der Waals surface area contributed by atoms with E-state index in [0.717, 1.165) is 73.3 Å². The Kier molecular flexibility index (Phi) is 15.8. The van der Waals surface area contributed by atoms with Crippen molar-refractivity contribution in [3.63, 3.8) is 0 Å². The number of rotatable bonds is 12. The van der Waals surface area contributed by atoms with Crippen molar-refractivity contribution >= 4 is 52.1 Å². The van der Waals surface area contributed by atoms with Crippen LogP contribution in [0, 0.1) is 41.4 Å². The molecule has 12 heteroatoms. The van der Waals surface area contributed by atoms with E-state index < -0.39 is 16.4 Å². The lowest BCUT2D eigenvalue weighted by Gasteiger charge is -2.50. The summed E-state index contributed by atoms with van der Waals surface area (Å²) in [5.74, 6) is -0.662. The molecule has 7 rings (SSSR count). The van der Waals surface area contributed by atoms with Crippen molar-refractivity contribution in [2.45, 2.75) is 167 Å². The molecule has 4 aliphatic rings. The van der Waals surface area contributed by atoms with Crippen LogP contribution in [0.3, 0.4) is 0 Å². The largest absolute Gasteiger partial charge is 0.372 e. The highest BCUT2D eigenvalue weighted by Gasteiger charge is 2.46. The Bertz CT molecular complexity index is 2850. The van der Waals surface area contributed by atoms with Crippen LogP contribution in [-0.4, -0.2) is 81.1 Å². The van der Waals surface area contributed by atoms with Crippen LogP contribution < -0.4 is 26.2 Å². The van der Waals surface area contributed by atoms with Crippen molar-refractivity contribution in [2.24, 2.45) is 27.6 Å². The number of anilines is 5. The highest BCUT2D eigenvalue weighted by atomic mass is 16.2. The molecule has 4 heterocycles. The minimum atomic E-state index is -0.572. The molecule has 0 fully saturated rings. The third kappa shape index (κ3) is 12.7. The first-order chi connectivity index (χ1) is 35.1. The van der Waals surface area contributed by atoms with Crippen LogP contribution in [0.4, 0.5) is 28.4 Å². The summed E-state index contributed by atoms with van der Waals surface area (Å²) in [5, 5.41) is 12.8. The van der Waals surface area contributed by atoms with Gasteiger partial charge in [-0.2, -0.15) is 0 Å². The predicted molar refractivity (Wildman–Crippen MR) is 314 cm³/mol. The zero-order chi connectivity index (χ0) is 56.1. The van der Waals surface area contributed by atoms with Crippen LogP contribution in [0.2, 0.25) is 0 Å². The average molecular weight is 1040 g/mol. The van der Waals surface area contributed by atoms with E-state index in [1.165, 1.54) is 0 Å². The third-order valence-corrected chi connectivity index (χ3v) is 17.1. The number of hydrogen-bond donors (Lipinski definition) is 4. The van der Waals surface area contributed by atoms with Gasteiger partial charge in [0.05, 0.1) is 0 Å². The van der Waals surface area contributed by atoms with E-state index >= 15 is 0 Å². The fourth-order valence-corrected chi connectivity index (χ4v) is 11.1. The fourth-order valence-electron chi connectivity index (χ4n) is 11.1. The first-order valence-electron chi connectivity index (χ1n) is 27.6. The lowest BCUT2D eigenvalue weighted by Crippen LogP contribution is -2.52. The van der Waals surface area contributed by atoms with Crippen molar-refractivity contribution in [3.8, 4) is 0 Å². The van der Waals surface area contributed by atoms with Gasteiger partial charge in [-0.05, 0) is 165 Å². The molecule has 4 amide bonds. The second-order valence-electron chi connectivity index (χ2n) is 27.3. The number of amides is 4. The predicted octanol–water partition coefficient (Wildman–Crippen LogP) is 13.4. The second-order valence-corrected chi connectivity index (χ2v) is 27.3. The molecule has 0 aromatic heterocycles.